The van der Waals surface area contributed by atoms with Crippen LogP contribution in [0.25, 0.3) is 0 Å². The average molecular weight is 228 g/mol. The fourth-order valence-corrected chi connectivity index (χ4v) is 1.80. The highest BCUT2D eigenvalue weighted by molar-refractivity contribution is 5.89. The Morgan fingerprint density at radius 1 is 1.50 bits per heavy atom. The third kappa shape index (κ3) is 3.48. The standard InChI is InChI=1S/C11H20N2O3/c1-3-4-9-11(15)13(7-8-16-2)6-5-10(14)12-9/h9H,3-8H2,1-2H3,(H,12,14). The molecule has 1 heterocycles. The summed E-state index contributed by atoms with van der Waals surface area (Å²) in [6.45, 7) is 3.57. The highest BCUT2D eigenvalue weighted by atomic mass is 16.5. The smallest absolute Gasteiger partial charge is 0.245 e. The van der Waals surface area contributed by atoms with Gasteiger partial charge in [0.2, 0.25) is 11.8 Å². The molecule has 0 saturated carbocycles. The number of nitrogens with one attached hydrogen (secondary N) is 1. The molecule has 0 aromatic rings. The molecule has 0 bridgehead atoms. The minimum atomic E-state index is -0.350. The Kier molecular flexibility index (Phi) is 5.25. The lowest BCUT2D eigenvalue weighted by atomic mass is 10.1. The molecule has 0 aromatic heterocycles. The van der Waals surface area contributed by atoms with E-state index in [1.54, 1.807) is 12.0 Å². The minimum absolute atomic E-state index is 0.0183. The van der Waals surface area contributed by atoms with Gasteiger partial charge in [0.05, 0.1) is 6.61 Å². The van der Waals surface area contributed by atoms with Crippen molar-refractivity contribution in [1.29, 1.82) is 0 Å². The van der Waals surface area contributed by atoms with Crippen molar-refractivity contribution in [1.82, 2.24) is 10.2 Å². The number of methoxy groups -OCH3 is 1. The molecule has 1 unspecified atom stereocenters. The summed E-state index contributed by atoms with van der Waals surface area (Å²) in [7, 11) is 1.61. The maximum atomic E-state index is 12.0. The van der Waals surface area contributed by atoms with Crippen LogP contribution in [0.1, 0.15) is 26.2 Å². The van der Waals surface area contributed by atoms with Crippen molar-refractivity contribution < 1.29 is 14.3 Å². The molecule has 0 aromatic carbocycles. The van der Waals surface area contributed by atoms with Gasteiger partial charge in [0.15, 0.2) is 0 Å². The molecular weight excluding hydrogens is 208 g/mol. The maximum Gasteiger partial charge on any atom is 0.245 e. The summed E-state index contributed by atoms with van der Waals surface area (Å²) < 4.78 is 4.96. The number of carbonyl (C=O) groups excluding carboxylic acids is 2. The van der Waals surface area contributed by atoms with Crippen molar-refractivity contribution in [3.63, 3.8) is 0 Å². The van der Waals surface area contributed by atoms with Gasteiger partial charge in [-0.1, -0.05) is 13.3 Å². The Hall–Kier alpha value is -1.10. The summed E-state index contributed by atoms with van der Waals surface area (Å²) in [5.41, 5.74) is 0. The van der Waals surface area contributed by atoms with E-state index < -0.39 is 0 Å². The van der Waals surface area contributed by atoms with Crippen LogP contribution in [-0.2, 0) is 14.3 Å². The second-order valence-corrected chi connectivity index (χ2v) is 3.98. The van der Waals surface area contributed by atoms with Gasteiger partial charge >= 0.3 is 0 Å². The Labute approximate surface area is 96.1 Å². The molecule has 5 nitrogen and oxygen atoms in total. The van der Waals surface area contributed by atoms with Gasteiger partial charge in [0.1, 0.15) is 6.04 Å². The van der Waals surface area contributed by atoms with Crippen molar-refractivity contribution in [2.24, 2.45) is 0 Å². The SMILES string of the molecule is CCCC1NC(=O)CCN(CCOC)C1=O. The Morgan fingerprint density at radius 3 is 2.88 bits per heavy atom. The zero-order chi connectivity index (χ0) is 12.0. The maximum absolute atomic E-state index is 12.0. The highest BCUT2D eigenvalue weighted by Gasteiger charge is 2.28. The van der Waals surface area contributed by atoms with Crippen LogP contribution >= 0.6 is 0 Å². The van der Waals surface area contributed by atoms with E-state index >= 15 is 0 Å². The number of hydrogen-bond donors (Lipinski definition) is 1. The molecule has 1 atom stereocenters. The average Bonchev–Trinajstić information content (AvgIpc) is 2.39. The molecule has 0 aliphatic carbocycles. The first kappa shape index (κ1) is 13.0. The van der Waals surface area contributed by atoms with Gasteiger partial charge in [-0.2, -0.15) is 0 Å². The van der Waals surface area contributed by atoms with Crippen molar-refractivity contribution >= 4 is 11.8 Å². The molecule has 1 aliphatic heterocycles. The Morgan fingerprint density at radius 2 is 2.25 bits per heavy atom. The zero-order valence-corrected chi connectivity index (χ0v) is 9.99. The quantitative estimate of drug-likeness (QED) is 0.728. The largest absolute Gasteiger partial charge is 0.383 e. The normalized spacial score (nSPS) is 21.9. The van der Waals surface area contributed by atoms with Gasteiger partial charge < -0.3 is 15.0 Å². The molecule has 1 saturated heterocycles. The fourth-order valence-electron chi connectivity index (χ4n) is 1.80. The van der Waals surface area contributed by atoms with E-state index in [4.69, 9.17) is 4.74 Å². The number of amides is 2. The van der Waals surface area contributed by atoms with Crippen LogP contribution in [0.3, 0.4) is 0 Å². The fraction of sp³-hybridized carbons (Fsp3) is 0.818. The Balaban J connectivity index is 2.63. The van der Waals surface area contributed by atoms with E-state index in [9.17, 15) is 9.59 Å². The first-order valence-corrected chi connectivity index (χ1v) is 5.76. The number of rotatable bonds is 5. The minimum Gasteiger partial charge on any atom is -0.383 e. The predicted octanol–water partition coefficient (Wildman–Crippen LogP) is 0.150. The van der Waals surface area contributed by atoms with Gasteiger partial charge in [-0.3, -0.25) is 9.59 Å². The number of carbonyl (C=O) groups is 2. The first-order valence-electron chi connectivity index (χ1n) is 5.76. The summed E-state index contributed by atoms with van der Waals surface area (Å²) >= 11 is 0. The number of nitrogens with zero attached hydrogens (tertiary/aromatic N) is 1. The molecule has 0 radical (unpaired) electrons. The van der Waals surface area contributed by atoms with Gasteiger partial charge in [-0.15, -0.1) is 0 Å². The van der Waals surface area contributed by atoms with Gasteiger partial charge in [-0.25, -0.2) is 0 Å². The number of ether oxygens (including phenoxy) is 1. The highest BCUT2D eigenvalue weighted by Crippen LogP contribution is 2.08. The van der Waals surface area contributed by atoms with Crippen LogP contribution in [0.15, 0.2) is 0 Å². The summed E-state index contributed by atoms with van der Waals surface area (Å²) in [4.78, 5) is 25.2. The van der Waals surface area contributed by atoms with E-state index in [1.165, 1.54) is 0 Å². The van der Waals surface area contributed by atoms with Crippen LogP contribution in [0.4, 0.5) is 0 Å². The zero-order valence-electron chi connectivity index (χ0n) is 9.99. The molecule has 92 valence electrons. The van der Waals surface area contributed by atoms with Crippen molar-refractivity contribution in [3.8, 4) is 0 Å². The second kappa shape index (κ2) is 6.48. The van der Waals surface area contributed by atoms with E-state index in [1.807, 2.05) is 6.92 Å². The molecule has 5 heteroatoms. The van der Waals surface area contributed by atoms with Crippen molar-refractivity contribution in [2.45, 2.75) is 32.2 Å². The molecular formula is C11H20N2O3. The van der Waals surface area contributed by atoms with E-state index in [0.29, 0.717) is 32.5 Å². The molecule has 0 spiro atoms. The summed E-state index contributed by atoms with van der Waals surface area (Å²) in [6.07, 6.45) is 1.97. The van der Waals surface area contributed by atoms with Gasteiger partial charge in [0, 0.05) is 26.6 Å². The topological polar surface area (TPSA) is 58.6 Å². The third-order valence-electron chi connectivity index (χ3n) is 2.70. The lowest BCUT2D eigenvalue weighted by Gasteiger charge is -2.23. The molecule has 2 amide bonds. The van der Waals surface area contributed by atoms with Crippen LogP contribution in [-0.4, -0.2) is 49.6 Å². The summed E-state index contributed by atoms with van der Waals surface area (Å²) in [5, 5.41) is 2.76. The van der Waals surface area contributed by atoms with Gasteiger partial charge in [-0.05, 0) is 6.42 Å². The molecule has 1 aliphatic rings. The van der Waals surface area contributed by atoms with E-state index in [2.05, 4.69) is 5.32 Å². The lowest BCUT2D eigenvalue weighted by molar-refractivity contribution is -0.134. The van der Waals surface area contributed by atoms with Gasteiger partial charge in [0.25, 0.3) is 0 Å². The monoisotopic (exact) mass is 228 g/mol. The van der Waals surface area contributed by atoms with E-state index in [0.717, 1.165) is 6.42 Å². The van der Waals surface area contributed by atoms with Crippen LogP contribution in [0.2, 0.25) is 0 Å². The third-order valence-corrected chi connectivity index (χ3v) is 2.70. The molecule has 1 fully saturated rings. The van der Waals surface area contributed by atoms with Crippen molar-refractivity contribution in [2.75, 3.05) is 26.8 Å². The number of hydrogen-bond acceptors (Lipinski definition) is 3. The Bertz CT molecular complexity index is 256. The van der Waals surface area contributed by atoms with Crippen LogP contribution in [0, 0.1) is 0 Å². The van der Waals surface area contributed by atoms with Crippen LogP contribution in [0.5, 0.6) is 0 Å². The van der Waals surface area contributed by atoms with E-state index in [-0.39, 0.29) is 17.9 Å². The predicted molar refractivity (Wildman–Crippen MR) is 59.9 cm³/mol. The molecule has 1 N–H and O–H groups in total. The molecule has 16 heavy (non-hydrogen) atoms. The first-order chi connectivity index (χ1) is 7.69. The van der Waals surface area contributed by atoms with Crippen molar-refractivity contribution in [3.05, 3.63) is 0 Å². The second-order valence-electron chi connectivity index (χ2n) is 3.98. The molecule has 1 rings (SSSR count). The van der Waals surface area contributed by atoms with Crippen LogP contribution < -0.4 is 5.32 Å². The summed E-state index contributed by atoms with van der Waals surface area (Å²) in [5.74, 6) is -0.0172. The summed E-state index contributed by atoms with van der Waals surface area (Å²) in [6, 6.07) is -0.350. The lowest BCUT2D eigenvalue weighted by Crippen LogP contribution is -2.45.